The topological polar surface area (TPSA) is 110 Å². The van der Waals surface area contributed by atoms with E-state index in [2.05, 4.69) is 20.0 Å². The summed E-state index contributed by atoms with van der Waals surface area (Å²) in [6.45, 7) is 0. The van der Waals surface area contributed by atoms with Gasteiger partial charge in [-0.25, -0.2) is 18.1 Å². The number of hydrogen-bond acceptors (Lipinski definition) is 6. The first-order valence-corrected chi connectivity index (χ1v) is 11.1. The molecule has 6 bridgehead atoms. The van der Waals surface area contributed by atoms with Gasteiger partial charge >= 0.3 is 0 Å². The van der Waals surface area contributed by atoms with Gasteiger partial charge in [0.15, 0.2) is 0 Å². The summed E-state index contributed by atoms with van der Waals surface area (Å²) in [5.41, 5.74) is 1.92. The third-order valence-electron chi connectivity index (χ3n) is 4.72. The van der Waals surface area contributed by atoms with Crippen LogP contribution in [0.4, 0.5) is 11.6 Å². The zero-order valence-corrected chi connectivity index (χ0v) is 17.3. The summed E-state index contributed by atoms with van der Waals surface area (Å²) in [7, 11) is -4.03. The third-order valence-corrected chi connectivity index (χ3v) is 6.04. The van der Waals surface area contributed by atoms with E-state index in [1.165, 1.54) is 12.1 Å². The number of nitrogens with zero attached hydrogens (tertiary/aromatic N) is 2. The second-order valence-electron chi connectivity index (χ2n) is 7.00. The van der Waals surface area contributed by atoms with Crippen molar-refractivity contribution < 1.29 is 17.9 Å². The Morgan fingerprint density at radius 3 is 2.41 bits per heavy atom. The van der Waals surface area contributed by atoms with Crippen molar-refractivity contribution in [3.63, 3.8) is 0 Å². The molecule has 1 aliphatic heterocycles. The Labute approximate surface area is 184 Å². The average Bonchev–Trinajstić information content (AvgIpc) is 2.79. The maximum absolute atomic E-state index is 13.0. The summed E-state index contributed by atoms with van der Waals surface area (Å²) < 4.78 is 34.2. The van der Waals surface area contributed by atoms with Crippen molar-refractivity contribution in [3.8, 4) is 22.9 Å². The van der Waals surface area contributed by atoms with E-state index in [4.69, 9.17) is 4.74 Å². The molecule has 0 fully saturated rings. The maximum atomic E-state index is 13.0. The van der Waals surface area contributed by atoms with Gasteiger partial charge in [0, 0.05) is 22.9 Å². The zero-order valence-electron chi connectivity index (χ0n) is 16.5. The van der Waals surface area contributed by atoms with Crippen molar-refractivity contribution in [1.82, 2.24) is 9.97 Å². The quantitative estimate of drug-likeness (QED) is 0.453. The highest BCUT2D eigenvalue weighted by Gasteiger charge is 2.20. The molecule has 0 aliphatic carbocycles. The lowest BCUT2D eigenvalue weighted by atomic mass is 10.1. The number of carbonyl (C=O) groups excluding carboxylic acids is 1. The van der Waals surface area contributed by atoms with Gasteiger partial charge in [0.2, 0.25) is 11.8 Å². The van der Waals surface area contributed by atoms with E-state index in [0.717, 1.165) is 5.56 Å². The summed E-state index contributed by atoms with van der Waals surface area (Å²) >= 11 is 0. The van der Waals surface area contributed by atoms with Gasteiger partial charge in [-0.15, -0.1) is 0 Å². The van der Waals surface area contributed by atoms with Gasteiger partial charge in [-0.1, -0.05) is 42.5 Å². The lowest BCUT2D eigenvalue weighted by molar-refractivity contribution is 0.102. The summed E-state index contributed by atoms with van der Waals surface area (Å²) in [4.78, 5) is 21.2. The molecule has 3 aromatic carbocycles. The van der Waals surface area contributed by atoms with Crippen molar-refractivity contribution in [2.75, 3.05) is 10.0 Å². The molecule has 9 heteroatoms. The van der Waals surface area contributed by atoms with Crippen LogP contribution in [0.1, 0.15) is 10.4 Å². The van der Waals surface area contributed by atoms with Gasteiger partial charge in [0.25, 0.3) is 15.9 Å². The minimum atomic E-state index is -4.03. The Balaban J connectivity index is 1.70. The second-order valence-corrected chi connectivity index (χ2v) is 8.68. The molecule has 2 N–H and O–H groups in total. The van der Waals surface area contributed by atoms with E-state index < -0.39 is 15.9 Å². The number of fused-ring (bicyclic) bond motifs is 6. The number of ether oxygens (including phenoxy) is 1. The maximum Gasteiger partial charge on any atom is 0.264 e. The molecule has 1 aliphatic rings. The Morgan fingerprint density at radius 1 is 0.781 bits per heavy atom. The predicted octanol–water partition coefficient (Wildman–Crippen LogP) is 4.30. The van der Waals surface area contributed by atoms with Gasteiger partial charge in [-0.2, -0.15) is 4.98 Å². The molecule has 5 rings (SSSR count). The Hall–Kier alpha value is -4.24. The average molecular weight is 444 g/mol. The molecule has 1 aromatic heterocycles. The van der Waals surface area contributed by atoms with Crippen LogP contribution in [-0.4, -0.2) is 24.3 Å². The Morgan fingerprint density at radius 2 is 1.56 bits per heavy atom. The standard InChI is InChI=1S/C23H16N4O4S/c28-22-16-8-4-10-18(12-16)31-21-14-20(15-6-2-1-3-7-15)25-23(26-21)27-32(29,30)19-11-5-9-17(13-19)24-22/h1-14H,(H,24,28)(H,25,26,27). The van der Waals surface area contributed by atoms with Gasteiger partial charge < -0.3 is 10.1 Å². The molecule has 0 saturated carbocycles. The molecule has 158 valence electrons. The first kappa shape index (κ1) is 19.7. The van der Waals surface area contributed by atoms with E-state index in [0.29, 0.717) is 22.7 Å². The van der Waals surface area contributed by atoms with Crippen LogP contribution in [0.5, 0.6) is 11.6 Å². The van der Waals surface area contributed by atoms with E-state index in [1.54, 1.807) is 42.5 Å². The summed E-state index contributed by atoms with van der Waals surface area (Å²) in [5, 5.41) is 2.70. The number of amides is 1. The molecular weight excluding hydrogens is 428 g/mol. The molecule has 0 radical (unpaired) electrons. The predicted molar refractivity (Wildman–Crippen MR) is 119 cm³/mol. The van der Waals surface area contributed by atoms with E-state index >= 15 is 0 Å². The third kappa shape index (κ3) is 4.01. The molecule has 4 aromatic rings. The van der Waals surface area contributed by atoms with Crippen LogP contribution in [-0.2, 0) is 10.0 Å². The van der Waals surface area contributed by atoms with Crippen LogP contribution < -0.4 is 14.8 Å². The van der Waals surface area contributed by atoms with Crippen LogP contribution in [0.15, 0.2) is 89.8 Å². The lowest BCUT2D eigenvalue weighted by Crippen LogP contribution is -2.17. The summed E-state index contributed by atoms with van der Waals surface area (Å²) in [5.74, 6) is -0.0396. The number of sulfonamides is 1. The van der Waals surface area contributed by atoms with E-state index in [1.807, 2.05) is 30.3 Å². The number of aromatic nitrogens is 2. The van der Waals surface area contributed by atoms with Crippen molar-refractivity contribution in [1.29, 1.82) is 0 Å². The molecule has 0 spiro atoms. The second kappa shape index (κ2) is 7.78. The highest BCUT2D eigenvalue weighted by atomic mass is 32.2. The fourth-order valence-electron chi connectivity index (χ4n) is 3.22. The normalized spacial score (nSPS) is 14.3. The van der Waals surface area contributed by atoms with Crippen LogP contribution in [0, 0.1) is 0 Å². The number of nitrogens with one attached hydrogen (secondary N) is 2. The summed E-state index contributed by atoms with van der Waals surface area (Å²) in [6.07, 6.45) is 0. The first-order valence-electron chi connectivity index (χ1n) is 9.63. The van der Waals surface area contributed by atoms with Crippen LogP contribution >= 0.6 is 0 Å². The fraction of sp³-hybridized carbons (Fsp3) is 0. The monoisotopic (exact) mass is 444 g/mol. The first-order chi connectivity index (χ1) is 15.5. The van der Waals surface area contributed by atoms with E-state index in [9.17, 15) is 13.2 Å². The van der Waals surface area contributed by atoms with Gasteiger partial charge in [-0.3, -0.25) is 4.79 Å². The number of carbonyl (C=O) groups is 1. The summed E-state index contributed by atoms with van der Waals surface area (Å²) in [6, 6.07) is 23.4. The van der Waals surface area contributed by atoms with E-state index in [-0.39, 0.29) is 16.7 Å². The lowest BCUT2D eigenvalue weighted by Gasteiger charge is -2.14. The Kier molecular flexibility index (Phi) is 4.79. The highest BCUT2D eigenvalue weighted by molar-refractivity contribution is 7.92. The van der Waals surface area contributed by atoms with Crippen LogP contribution in [0.2, 0.25) is 0 Å². The van der Waals surface area contributed by atoms with Crippen LogP contribution in [0.25, 0.3) is 11.3 Å². The molecule has 0 atom stereocenters. The van der Waals surface area contributed by atoms with Gasteiger partial charge in [0.05, 0.1) is 10.6 Å². The number of hydrogen-bond donors (Lipinski definition) is 2. The fourth-order valence-corrected chi connectivity index (χ4v) is 4.21. The van der Waals surface area contributed by atoms with Crippen molar-refractivity contribution >= 4 is 27.6 Å². The smallest absolute Gasteiger partial charge is 0.264 e. The number of rotatable bonds is 1. The van der Waals surface area contributed by atoms with Crippen molar-refractivity contribution in [2.24, 2.45) is 0 Å². The largest absolute Gasteiger partial charge is 0.439 e. The SMILES string of the molecule is O=C1Nc2cccc(c2)S(=O)(=O)Nc2nc(cc(-c3ccccc3)n2)Oc2cccc1c2. The minimum absolute atomic E-state index is 0.0442. The van der Waals surface area contributed by atoms with Gasteiger partial charge in [-0.05, 0) is 36.4 Å². The number of benzene rings is 3. The van der Waals surface area contributed by atoms with Crippen molar-refractivity contribution in [3.05, 3.63) is 90.5 Å². The molecule has 8 nitrogen and oxygen atoms in total. The zero-order chi connectivity index (χ0) is 22.1. The van der Waals surface area contributed by atoms with Crippen LogP contribution in [0.3, 0.4) is 0 Å². The molecule has 0 unspecified atom stereocenters. The Bertz CT molecular complexity index is 1440. The van der Waals surface area contributed by atoms with Crippen molar-refractivity contribution in [2.45, 2.75) is 4.90 Å². The molecule has 2 heterocycles. The minimum Gasteiger partial charge on any atom is -0.439 e. The number of anilines is 2. The molecular formula is C23H16N4O4S. The van der Waals surface area contributed by atoms with Gasteiger partial charge in [0.1, 0.15) is 5.75 Å². The highest BCUT2D eigenvalue weighted by Crippen LogP contribution is 2.28. The molecule has 0 saturated heterocycles. The molecule has 32 heavy (non-hydrogen) atoms. The molecule has 1 amide bonds.